The van der Waals surface area contributed by atoms with Crippen molar-refractivity contribution >= 4 is 98.0 Å². The Kier molecular flexibility index (Phi) is 55.0. The average molecular weight is 1560 g/mol. The van der Waals surface area contributed by atoms with E-state index >= 15 is 0 Å². The summed E-state index contributed by atoms with van der Waals surface area (Å²) in [7, 11) is 0. The molecule has 18 aromatic rings. The fraction of sp³-hybridized carbons (Fsp3) is 0.257. The number of aromatic nitrogens is 12. The van der Waals surface area contributed by atoms with E-state index in [0.717, 1.165) is 78.1 Å². The van der Waals surface area contributed by atoms with E-state index in [1.165, 1.54) is 70.7 Å². The van der Waals surface area contributed by atoms with Crippen molar-refractivity contribution in [2.45, 2.75) is 187 Å². The summed E-state index contributed by atoms with van der Waals surface area (Å²) < 4.78 is 0. The highest BCUT2D eigenvalue weighted by Crippen LogP contribution is 2.18. The predicted octanol–water partition coefficient (Wildman–Crippen LogP) is 30.3. The zero-order chi connectivity index (χ0) is 87.1. The molecule has 0 aliphatic rings. The molecule has 0 amide bonds. The maximum atomic E-state index is 4.38. The van der Waals surface area contributed by atoms with Crippen LogP contribution in [0.15, 0.2) is 311 Å². The molecule has 0 bridgehead atoms. The van der Waals surface area contributed by atoms with Gasteiger partial charge in [0, 0.05) is 117 Å². The molecule has 18 rings (SSSR count). The quantitative estimate of drug-likeness (QED) is 0.142. The summed E-state index contributed by atoms with van der Waals surface area (Å²) in [5.74, 6) is 0.823. The van der Waals surface area contributed by atoms with Gasteiger partial charge in [0.15, 0.2) is 0 Å². The van der Waals surface area contributed by atoms with Crippen molar-refractivity contribution in [3.8, 4) is 0 Å². The predicted molar refractivity (Wildman–Crippen MR) is 514 cm³/mol. The molecule has 8 aromatic carbocycles. The molecular weight excluding hydrogens is 1430 g/mol. The summed E-state index contributed by atoms with van der Waals surface area (Å²) >= 11 is 0. The lowest BCUT2D eigenvalue weighted by atomic mass is 10.1. The molecule has 10 heterocycles. The molecule has 0 aliphatic heterocycles. The third-order valence-corrected chi connectivity index (χ3v) is 15.4. The van der Waals surface area contributed by atoms with Crippen LogP contribution in [0.3, 0.4) is 0 Å². The fourth-order valence-electron chi connectivity index (χ4n) is 10.3. The Labute approximate surface area is 702 Å². The lowest BCUT2D eigenvalue weighted by molar-refractivity contribution is 1.09. The van der Waals surface area contributed by atoms with Gasteiger partial charge in [0.2, 0.25) is 0 Å². The topological polar surface area (TPSA) is 155 Å². The molecule has 0 radical (unpaired) electrons. The van der Waals surface area contributed by atoms with Crippen LogP contribution in [0.4, 0.5) is 0 Å². The lowest BCUT2D eigenvalue weighted by Gasteiger charge is -1.96. The van der Waals surface area contributed by atoms with E-state index in [2.05, 4.69) is 197 Å². The Bertz CT molecular complexity index is 4530. The van der Waals surface area contributed by atoms with E-state index in [9.17, 15) is 0 Å². The molecule has 0 atom stereocenters. The minimum atomic E-state index is 0.823. The first kappa shape index (κ1) is 102. The fourth-order valence-corrected chi connectivity index (χ4v) is 10.3. The van der Waals surface area contributed by atoms with Gasteiger partial charge >= 0.3 is 0 Å². The smallest absolute Gasteiger partial charge is 0.125 e. The number of hydrogen-bond acceptors (Lipinski definition) is 12. The highest BCUT2D eigenvalue weighted by atomic mass is 14.9. The second-order valence-corrected chi connectivity index (χ2v) is 23.6. The molecule has 0 unspecified atom stereocenters. The third-order valence-electron chi connectivity index (χ3n) is 15.4. The van der Waals surface area contributed by atoms with Gasteiger partial charge in [0.1, 0.15) is 5.82 Å². The van der Waals surface area contributed by atoms with Gasteiger partial charge in [-0.15, -0.1) is 0 Å². The number of fused-ring (bicyclic) bond motifs is 9. The van der Waals surface area contributed by atoms with E-state index in [1.807, 2.05) is 348 Å². The van der Waals surface area contributed by atoms with Crippen molar-refractivity contribution in [1.82, 2.24) is 59.8 Å². The number of hydrogen-bond donors (Lipinski definition) is 0. The summed E-state index contributed by atoms with van der Waals surface area (Å²) in [6.07, 6.45) is 18.4. The number of aryl methyl sites for hydroxylation is 9. The van der Waals surface area contributed by atoms with E-state index in [1.54, 1.807) is 12.4 Å². The number of benzene rings is 8. The first-order valence-corrected chi connectivity index (χ1v) is 41.7. The Hall–Kier alpha value is -12.5. The van der Waals surface area contributed by atoms with Crippen LogP contribution in [0.25, 0.3) is 98.0 Å². The van der Waals surface area contributed by atoms with Gasteiger partial charge in [-0.3, -0.25) is 44.9 Å². The normalized spacial score (nSPS) is 9.15. The van der Waals surface area contributed by atoms with Crippen LogP contribution in [-0.2, 0) is 0 Å². The van der Waals surface area contributed by atoms with Crippen molar-refractivity contribution in [3.63, 3.8) is 0 Å². The minimum Gasteiger partial charge on any atom is -0.264 e. The van der Waals surface area contributed by atoms with E-state index in [4.69, 9.17) is 0 Å². The van der Waals surface area contributed by atoms with Gasteiger partial charge in [0.05, 0.1) is 49.8 Å². The first-order chi connectivity index (χ1) is 57.2. The largest absolute Gasteiger partial charge is 0.264 e. The van der Waals surface area contributed by atoms with Gasteiger partial charge in [-0.2, -0.15) is 0 Å². The summed E-state index contributed by atoms with van der Waals surface area (Å²) in [5.41, 5.74) is 17.3. The van der Waals surface area contributed by atoms with Gasteiger partial charge in [-0.1, -0.05) is 281 Å². The number of rotatable bonds is 0. The Morgan fingerprint density at radius 1 is 0.162 bits per heavy atom. The van der Waals surface area contributed by atoms with Crippen molar-refractivity contribution in [1.29, 1.82) is 0 Å². The Morgan fingerprint density at radius 2 is 0.513 bits per heavy atom. The second-order valence-electron chi connectivity index (χ2n) is 23.6. The van der Waals surface area contributed by atoms with E-state index in [-0.39, 0.29) is 0 Å². The van der Waals surface area contributed by atoms with Crippen LogP contribution < -0.4 is 0 Å². The third kappa shape index (κ3) is 38.0. The van der Waals surface area contributed by atoms with Gasteiger partial charge < -0.3 is 0 Å². The van der Waals surface area contributed by atoms with Crippen LogP contribution in [0.5, 0.6) is 0 Å². The van der Waals surface area contributed by atoms with Crippen LogP contribution >= 0.6 is 0 Å². The van der Waals surface area contributed by atoms with E-state index < -0.39 is 0 Å². The zero-order valence-electron chi connectivity index (χ0n) is 75.3. The monoisotopic (exact) mass is 1560 g/mol. The van der Waals surface area contributed by atoms with Crippen molar-refractivity contribution in [3.05, 3.63) is 362 Å². The molecule has 612 valence electrons. The van der Waals surface area contributed by atoms with Crippen LogP contribution in [0.1, 0.15) is 175 Å². The van der Waals surface area contributed by atoms with Crippen molar-refractivity contribution in [2.24, 2.45) is 0 Å². The van der Waals surface area contributed by atoms with E-state index in [0.29, 0.717) is 0 Å². The lowest BCUT2D eigenvalue weighted by Crippen LogP contribution is -1.86. The van der Waals surface area contributed by atoms with Crippen LogP contribution in [-0.4, -0.2) is 59.8 Å². The summed E-state index contributed by atoms with van der Waals surface area (Å²) in [6, 6.07) is 83.6. The second kappa shape index (κ2) is 62.8. The average Bonchev–Trinajstić information content (AvgIpc) is 0.931. The molecule has 0 N–H and O–H groups in total. The molecule has 0 saturated heterocycles. The maximum absolute atomic E-state index is 4.38. The number of para-hydroxylation sites is 4. The van der Waals surface area contributed by atoms with Gasteiger partial charge in [-0.05, 0) is 193 Å². The van der Waals surface area contributed by atoms with Gasteiger partial charge in [-0.25, -0.2) is 15.0 Å². The number of nitrogens with zero attached hydrogens (tertiary/aromatic N) is 12. The minimum absolute atomic E-state index is 0.823. The molecule has 0 aliphatic carbocycles. The Morgan fingerprint density at radius 3 is 1.13 bits per heavy atom. The molecule has 0 saturated carbocycles. The summed E-state index contributed by atoms with van der Waals surface area (Å²) in [4.78, 5) is 50.5. The molecular formula is C105H132N12. The highest BCUT2D eigenvalue weighted by molar-refractivity contribution is 5.85. The maximum Gasteiger partial charge on any atom is 0.125 e. The molecule has 0 spiro atoms. The summed E-state index contributed by atoms with van der Waals surface area (Å²) in [6.45, 7) is 54.2. The number of pyridine rings is 8. The summed E-state index contributed by atoms with van der Waals surface area (Å²) in [5, 5.41) is 12.1. The Balaban J connectivity index is 0.000000642. The zero-order valence-corrected chi connectivity index (χ0v) is 75.3. The molecule has 10 aromatic heterocycles. The standard InChI is InChI=1S/6C10H9N.3C9H8N2.9C2H6/c1-8-2-3-10-7-11-5-4-9(10)6-8;1-8-2-3-9-4-5-11-7-10(9)6-8;1-8-4-5-10-9(7-8)3-2-6-11-10;1-8-4-5-9-3-2-6-11-10(9)7-8;1-8-6-9-4-2-3-5-10(9)7-11-8;1-8-6-7-9-4-2-3-5-10(9)11-8;1-7-4-5-8-9(11-7)3-2-6-10-8;1-7-10-6-8-4-2-3-5-9(8)11-7;1-7-6-10-8-4-2-3-5-9(8)11-7;9*1-2/h6*2-7H,1H3;3*2-6H,1H3;9*1-2H3. The van der Waals surface area contributed by atoms with Gasteiger partial charge in [0.25, 0.3) is 0 Å². The molecule has 12 heteroatoms. The SMILES string of the molecule is CC.CC.CC.CC.CC.CC.CC.CC.CC.Cc1cc2ccccc2cn1.Cc1ccc2ccccc2n1.Cc1ccc2cccnc2c1.Cc1ccc2ccncc2c1.Cc1ccc2cnccc2c1.Cc1ccc2ncccc2c1.Cc1ccc2ncccc2n1.Cc1cnc2ccccc2n1.Cc1ncc2ccccc2n1. The molecule has 12 nitrogen and oxygen atoms in total. The molecule has 117 heavy (non-hydrogen) atoms. The first-order valence-electron chi connectivity index (χ1n) is 41.7. The molecule has 0 fully saturated rings. The van der Waals surface area contributed by atoms with Crippen molar-refractivity contribution < 1.29 is 0 Å². The highest BCUT2D eigenvalue weighted by Gasteiger charge is 1.99. The van der Waals surface area contributed by atoms with Crippen molar-refractivity contribution in [2.75, 3.05) is 0 Å². The van der Waals surface area contributed by atoms with Crippen LogP contribution in [0.2, 0.25) is 0 Å². The van der Waals surface area contributed by atoms with Crippen LogP contribution in [0, 0.1) is 62.3 Å².